The second kappa shape index (κ2) is 6.97. The molecule has 128 valence electrons. The summed E-state index contributed by atoms with van der Waals surface area (Å²) >= 11 is 0. The van der Waals surface area contributed by atoms with Crippen molar-refractivity contribution in [3.63, 3.8) is 0 Å². The van der Waals surface area contributed by atoms with Crippen molar-refractivity contribution in [2.24, 2.45) is 0 Å². The molecule has 6 heteroatoms. The third-order valence-electron chi connectivity index (χ3n) is 4.35. The molecule has 3 rings (SSSR count). The molecule has 0 amide bonds. The molecular weight excluding hydrogens is 308 g/mol. The maximum Gasteiger partial charge on any atom is 0.223 e. The summed E-state index contributed by atoms with van der Waals surface area (Å²) in [5.41, 5.74) is 3.29. The Morgan fingerprint density at radius 1 is 1.00 bits per heavy atom. The van der Waals surface area contributed by atoms with E-state index >= 15 is 0 Å². The predicted molar refractivity (Wildman–Crippen MR) is 91.0 cm³/mol. The molecule has 0 atom stereocenters. The lowest BCUT2D eigenvalue weighted by atomic mass is 9.98. The van der Waals surface area contributed by atoms with Gasteiger partial charge in [0, 0.05) is 37.6 Å². The van der Waals surface area contributed by atoms with Gasteiger partial charge in [-0.1, -0.05) is 0 Å². The molecule has 0 saturated heterocycles. The quantitative estimate of drug-likeness (QED) is 0.908. The number of H-pyrrole nitrogens is 1. The number of aromatic nitrogens is 1. The van der Waals surface area contributed by atoms with Gasteiger partial charge < -0.3 is 19.2 Å². The average molecular weight is 330 g/mol. The number of methoxy groups -OCH3 is 3. The molecule has 1 aromatic heterocycles. The first-order valence-corrected chi connectivity index (χ1v) is 7.86. The lowest BCUT2D eigenvalue weighted by molar-refractivity contribution is 0.241. The topological polar surface area (TPSA) is 63.8 Å². The Labute approximate surface area is 141 Å². The van der Waals surface area contributed by atoms with Gasteiger partial charge in [-0.15, -0.1) is 0 Å². The first-order chi connectivity index (χ1) is 11.6. The summed E-state index contributed by atoms with van der Waals surface area (Å²) in [6.45, 7) is 2.42. The van der Waals surface area contributed by atoms with E-state index in [4.69, 9.17) is 14.2 Å². The van der Waals surface area contributed by atoms with E-state index in [1.165, 1.54) is 18.2 Å². The molecule has 0 bridgehead atoms. The van der Waals surface area contributed by atoms with Crippen molar-refractivity contribution in [1.82, 2.24) is 9.88 Å². The Morgan fingerprint density at radius 2 is 1.67 bits per heavy atom. The van der Waals surface area contributed by atoms with E-state index < -0.39 is 0 Å². The second-order valence-corrected chi connectivity index (χ2v) is 5.83. The van der Waals surface area contributed by atoms with Crippen molar-refractivity contribution in [1.29, 1.82) is 0 Å². The van der Waals surface area contributed by atoms with E-state index in [0.717, 1.165) is 36.7 Å². The zero-order valence-electron chi connectivity index (χ0n) is 14.2. The first-order valence-electron chi connectivity index (χ1n) is 7.86. The fraction of sp³-hybridized carbons (Fsp3) is 0.389. The molecule has 0 spiro atoms. The number of nitrogens with zero attached hydrogens (tertiary/aromatic N) is 1. The Hall–Kier alpha value is -2.47. The molecule has 0 fully saturated rings. The maximum atomic E-state index is 11.9. The van der Waals surface area contributed by atoms with E-state index in [9.17, 15) is 4.79 Å². The molecular formula is C18H22N2O4. The molecule has 0 aliphatic carbocycles. The van der Waals surface area contributed by atoms with Crippen molar-refractivity contribution in [3.05, 3.63) is 51.4 Å². The third kappa shape index (κ3) is 3.23. The zero-order valence-corrected chi connectivity index (χ0v) is 14.2. The molecule has 1 aliphatic heterocycles. The number of benzene rings is 1. The van der Waals surface area contributed by atoms with E-state index in [1.807, 2.05) is 6.07 Å². The Morgan fingerprint density at radius 3 is 2.29 bits per heavy atom. The van der Waals surface area contributed by atoms with Gasteiger partial charge in [0.05, 0.1) is 21.3 Å². The van der Waals surface area contributed by atoms with Crippen LogP contribution in [0.1, 0.15) is 16.8 Å². The van der Waals surface area contributed by atoms with E-state index in [0.29, 0.717) is 12.3 Å². The molecule has 0 radical (unpaired) electrons. The fourth-order valence-electron chi connectivity index (χ4n) is 3.07. The Bertz CT molecular complexity index is 785. The van der Waals surface area contributed by atoms with Crippen LogP contribution in [-0.2, 0) is 19.5 Å². The van der Waals surface area contributed by atoms with Crippen molar-refractivity contribution in [3.8, 4) is 17.2 Å². The summed E-state index contributed by atoms with van der Waals surface area (Å²) < 4.78 is 15.8. The van der Waals surface area contributed by atoms with Crippen molar-refractivity contribution in [2.45, 2.75) is 19.5 Å². The lowest BCUT2D eigenvalue weighted by Gasteiger charge is -2.29. The van der Waals surface area contributed by atoms with Crippen LogP contribution < -0.4 is 19.6 Å². The smallest absolute Gasteiger partial charge is 0.223 e. The standard InChI is InChI=1S/C18H22N2O4/c1-22-16-6-12-4-5-20(10-13(12)7-17(16)23-2)11-14-8-15(21)18(24-3)9-19-14/h6-9H,4-5,10-11H2,1-3H3,(H,19,21). The van der Waals surface area contributed by atoms with Gasteiger partial charge in [0.1, 0.15) is 0 Å². The van der Waals surface area contributed by atoms with Crippen LogP contribution in [0.3, 0.4) is 0 Å². The fourth-order valence-corrected chi connectivity index (χ4v) is 3.07. The number of hydrogen-bond donors (Lipinski definition) is 1. The second-order valence-electron chi connectivity index (χ2n) is 5.83. The maximum absolute atomic E-state index is 11.9. The van der Waals surface area contributed by atoms with Crippen LogP contribution in [0.25, 0.3) is 0 Å². The first kappa shape index (κ1) is 16.4. The highest BCUT2D eigenvalue weighted by atomic mass is 16.5. The van der Waals surface area contributed by atoms with Crippen LogP contribution in [0.5, 0.6) is 17.2 Å². The minimum Gasteiger partial charge on any atom is -0.493 e. The van der Waals surface area contributed by atoms with E-state index in [-0.39, 0.29) is 5.43 Å². The highest BCUT2D eigenvalue weighted by Crippen LogP contribution is 2.33. The predicted octanol–water partition coefficient (Wildman–Crippen LogP) is 1.96. The zero-order chi connectivity index (χ0) is 17.1. The summed E-state index contributed by atoms with van der Waals surface area (Å²) in [6.07, 6.45) is 2.56. The van der Waals surface area contributed by atoms with Crippen LogP contribution >= 0.6 is 0 Å². The SMILES string of the molecule is COc1cc2c(cc1OC)CN(Cc1cc(=O)c(OC)c[nH]1)CC2. The number of aromatic amines is 1. The lowest BCUT2D eigenvalue weighted by Crippen LogP contribution is -2.30. The van der Waals surface area contributed by atoms with Gasteiger partial charge in [-0.05, 0) is 29.7 Å². The highest BCUT2D eigenvalue weighted by Gasteiger charge is 2.20. The van der Waals surface area contributed by atoms with Gasteiger partial charge in [-0.25, -0.2) is 0 Å². The Kier molecular flexibility index (Phi) is 4.76. The molecule has 1 N–H and O–H groups in total. The molecule has 0 saturated carbocycles. The summed E-state index contributed by atoms with van der Waals surface area (Å²) in [5.74, 6) is 1.85. The van der Waals surface area contributed by atoms with Crippen molar-refractivity contribution >= 4 is 0 Å². The van der Waals surface area contributed by atoms with E-state index in [1.54, 1.807) is 26.5 Å². The Balaban J connectivity index is 1.77. The minimum atomic E-state index is -0.102. The van der Waals surface area contributed by atoms with Gasteiger partial charge in [0.2, 0.25) is 5.43 Å². The van der Waals surface area contributed by atoms with Crippen LogP contribution in [0.4, 0.5) is 0 Å². The van der Waals surface area contributed by atoms with Gasteiger partial charge in [0.25, 0.3) is 0 Å². The van der Waals surface area contributed by atoms with Gasteiger partial charge in [-0.3, -0.25) is 9.69 Å². The summed E-state index contributed by atoms with van der Waals surface area (Å²) in [7, 11) is 4.79. The van der Waals surface area contributed by atoms with Gasteiger partial charge in [-0.2, -0.15) is 0 Å². The molecule has 24 heavy (non-hydrogen) atoms. The third-order valence-corrected chi connectivity index (χ3v) is 4.35. The van der Waals surface area contributed by atoms with Gasteiger partial charge in [0.15, 0.2) is 17.2 Å². The highest BCUT2D eigenvalue weighted by molar-refractivity contribution is 5.48. The molecule has 0 unspecified atom stereocenters. The number of nitrogens with one attached hydrogen (secondary N) is 1. The summed E-state index contributed by atoms with van der Waals surface area (Å²) in [5, 5.41) is 0. The molecule has 1 aliphatic rings. The summed E-state index contributed by atoms with van der Waals surface area (Å²) in [6, 6.07) is 5.70. The van der Waals surface area contributed by atoms with Gasteiger partial charge >= 0.3 is 0 Å². The average Bonchev–Trinajstić information content (AvgIpc) is 2.60. The van der Waals surface area contributed by atoms with Crippen molar-refractivity contribution < 1.29 is 14.2 Å². The monoisotopic (exact) mass is 330 g/mol. The van der Waals surface area contributed by atoms with Crippen LogP contribution in [0, 0.1) is 0 Å². The van der Waals surface area contributed by atoms with Crippen LogP contribution in [0.2, 0.25) is 0 Å². The van der Waals surface area contributed by atoms with Crippen molar-refractivity contribution in [2.75, 3.05) is 27.9 Å². The van der Waals surface area contributed by atoms with Crippen LogP contribution in [-0.4, -0.2) is 37.8 Å². The summed E-state index contributed by atoms with van der Waals surface area (Å²) in [4.78, 5) is 17.3. The number of pyridine rings is 1. The molecule has 1 aromatic carbocycles. The van der Waals surface area contributed by atoms with Crippen LogP contribution in [0.15, 0.2) is 29.2 Å². The number of hydrogen-bond acceptors (Lipinski definition) is 5. The molecule has 2 heterocycles. The largest absolute Gasteiger partial charge is 0.493 e. The number of ether oxygens (including phenoxy) is 3. The molecule has 2 aromatic rings. The number of fused-ring (bicyclic) bond motifs is 1. The normalized spacial score (nSPS) is 14.1. The van der Waals surface area contributed by atoms with E-state index in [2.05, 4.69) is 16.0 Å². The minimum absolute atomic E-state index is 0.102. The number of rotatable bonds is 5. The molecule has 6 nitrogen and oxygen atoms in total.